The Morgan fingerprint density at radius 1 is 1.31 bits per heavy atom. The van der Waals surface area contributed by atoms with Crippen LogP contribution in [0.15, 0.2) is 0 Å². The van der Waals surface area contributed by atoms with Gasteiger partial charge in [0.05, 0.1) is 25.9 Å². The highest BCUT2D eigenvalue weighted by Crippen LogP contribution is 2.48. The van der Waals surface area contributed by atoms with Crippen LogP contribution in [-0.2, 0) is 9.47 Å². The van der Waals surface area contributed by atoms with Crippen molar-refractivity contribution in [2.24, 2.45) is 5.41 Å². The van der Waals surface area contributed by atoms with Crippen molar-refractivity contribution in [1.82, 2.24) is 0 Å². The molecule has 13 heavy (non-hydrogen) atoms. The van der Waals surface area contributed by atoms with E-state index in [1.54, 1.807) is 0 Å². The van der Waals surface area contributed by atoms with Crippen LogP contribution < -0.4 is 0 Å². The number of rotatable bonds is 7. The topological polar surface area (TPSA) is 42.2 Å². The minimum atomic E-state index is 0.209. The molecule has 1 rings (SSSR count). The first-order valence-corrected chi connectivity index (χ1v) is 4.85. The number of nitrogens with zero attached hydrogens (tertiary/aromatic N) is 1. The maximum Gasteiger partial charge on any atom is 0.0700 e. The van der Waals surface area contributed by atoms with E-state index in [1.807, 2.05) is 6.92 Å². The minimum absolute atomic E-state index is 0.209. The molecule has 0 bridgehead atoms. The van der Waals surface area contributed by atoms with E-state index in [9.17, 15) is 0 Å². The van der Waals surface area contributed by atoms with E-state index >= 15 is 0 Å². The molecule has 0 atom stereocenters. The Labute approximate surface area is 79.6 Å². The Hall–Kier alpha value is -0.590. The molecular weight excluding hydrogens is 166 g/mol. The van der Waals surface area contributed by atoms with Crippen molar-refractivity contribution in [1.29, 1.82) is 5.26 Å². The zero-order chi connectivity index (χ0) is 9.57. The quantitative estimate of drug-likeness (QED) is 0.564. The summed E-state index contributed by atoms with van der Waals surface area (Å²) in [5, 5.41) is 8.55. The van der Waals surface area contributed by atoms with Gasteiger partial charge in [0.2, 0.25) is 0 Å². The first-order chi connectivity index (χ1) is 6.33. The van der Waals surface area contributed by atoms with Crippen molar-refractivity contribution < 1.29 is 9.47 Å². The summed E-state index contributed by atoms with van der Waals surface area (Å²) in [6.45, 7) is 4.76. The number of hydrogen-bond acceptors (Lipinski definition) is 3. The molecule has 0 spiro atoms. The minimum Gasteiger partial charge on any atom is -0.379 e. The second-order valence-electron chi connectivity index (χ2n) is 3.58. The fourth-order valence-electron chi connectivity index (χ4n) is 1.27. The van der Waals surface area contributed by atoms with Crippen molar-refractivity contribution in [2.45, 2.75) is 26.2 Å². The summed E-state index contributed by atoms with van der Waals surface area (Å²) in [5.41, 5.74) is 0.209. The van der Waals surface area contributed by atoms with Gasteiger partial charge in [-0.3, -0.25) is 0 Å². The summed E-state index contributed by atoms with van der Waals surface area (Å²) in [7, 11) is 0. The SMILES string of the molecule is CCOCCOCC1(CC#N)CC1. The van der Waals surface area contributed by atoms with Crippen molar-refractivity contribution >= 4 is 0 Å². The lowest BCUT2D eigenvalue weighted by molar-refractivity contribution is 0.0333. The fourth-order valence-corrected chi connectivity index (χ4v) is 1.27. The molecule has 1 saturated carbocycles. The smallest absolute Gasteiger partial charge is 0.0700 e. The van der Waals surface area contributed by atoms with Gasteiger partial charge in [-0.05, 0) is 19.8 Å². The van der Waals surface area contributed by atoms with E-state index < -0.39 is 0 Å². The molecule has 0 amide bonds. The van der Waals surface area contributed by atoms with E-state index in [2.05, 4.69) is 6.07 Å². The zero-order valence-electron chi connectivity index (χ0n) is 8.21. The zero-order valence-corrected chi connectivity index (χ0v) is 8.21. The molecule has 0 aromatic heterocycles. The molecule has 1 aliphatic carbocycles. The molecule has 0 heterocycles. The van der Waals surface area contributed by atoms with Crippen LogP contribution in [0.25, 0.3) is 0 Å². The first-order valence-electron chi connectivity index (χ1n) is 4.85. The van der Waals surface area contributed by atoms with E-state index in [4.69, 9.17) is 14.7 Å². The molecule has 0 saturated heterocycles. The molecule has 3 heteroatoms. The van der Waals surface area contributed by atoms with Gasteiger partial charge in [0.15, 0.2) is 0 Å². The van der Waals surface area contributed by atoms with E-state index in [0.29, 0.717) is 19.6 Å². The summed E-state index contributed by atoms with van der Waals surface area (Å²) in [5.74, 6) is 0. The molecule has 0 unspecified atom stereocenters. The van der Waals surface area contributed by atoms with E-state index in [1.165, 1.54) is 0 Å². The maximum atomic E-state index is 8.55. The Morgan fingerprint density at radius 3 is 2.54 bits per heavy atom. The van der Waals surface area contributed by atoms with Gasteiger partial charge in [-0.15, -0.1) is 0 Å². The standard InChI is InChI=1S/C10H17NO2/c1-2-12-7-8-13-9-10(3-4-10)5-6-11/h2-5,7-9H2,1H3. The molecular formula is C10H17NO2. The van der Waals surface area contributed by atoms with Gasteiger partial charge < -0.3 is 9.47 Å². The normalized spacial score (nSPS) is 18.2. The van der Waals surface area contributed by atoms with Crippen LogP contribution in [0.3, 0.4) is 0 Å². The van der Waals surface area contributed by atoms with Gasteiger partial charge in [-0.2, -0.15) is 5.26 Å². The fraction of sp³-hybridized carbons (Fsp3) is 0.900. The largest absolute Gasteiger partial charge is 0.379 e. The Kier molecular flexibility index (Phi) is 4.20. The Bertz CT molecular complexity index is 182. The molecule has 0 aromatic rings. The van der Waals surface area contributed by atoms with E-state index in [0.717, 1.165) is 26.1 Å². The molecule has 0 N–H and O–H groups in total. The van der Waals surface area contributed by atoms with Gasteiger partial charge in [-0.25, -0.2) is 0 Å². The highest BCUT2D eigenvalue weighted by atomic mass is 16.5. The maximum absolute atomic E-state index is 8.55. The van der Waals surface area contributed by atoms with Crippen LogP contribution in [0.2, 0.25) is 0 Å². The van der Waals surface area contributed by atoms with Gasteiger partial charge in [-0.1, -0.05) is 0 Å². The lowest BCUT2D eigenvalue weighted by atomic mass is 10.1. The van der Waals surface area contributed by atoms with Gasteiger partial charge in [0, 0.05) is 18.4 Å². The lowest BCUT2D eigenvalue weighted by Gasteiger charge is -2.11. The molecule has 1 aliphatic rings. The van der Waals surface area contributed by atoms with Crippen molar-refractivity contribution in [3.8, 4) is 6.07 Å². The summed E-state index contributed by atoms with van der Waals surface area (Å²) in [6.07, 6.45) is 2.94. The van der Waals surface area contributed by atoms with Crippen molar-refractivity contribution in [3.05, 3.63) is 0 Å². The average molecular weight is 183 g/mol. The van der Waals surface area contributed by atoms with E-state index in [-0.39, 0.29) is 5.41 Å². The monoisotopic (exact) mass is 183 g/mol. The molecule has 1 fully saturated rings. The Balaban J connectivity index is 1.97. The highest BCUT2D eigenvalue weighted by molar-refractivity contribution is 4.99. The summed E-state index contributed by atoms with van der Waals surface area (Å²) in [4.78, 5) is 0. The molecule has 3 nitrogen and oxygen atoms in total. The third-order valence-corrected chi connectivity index (χ3v) is 2.40. The third kappa shape index (κ3) is 3.75. The molecule has 0 aromatic carbocycles. The predicted octanol–water partition coefficient (Wildman–Crippen LogP) is 1.73. The van der Waals surface area contributed by atoms with Gasteiger partial charge in [0.25, 0.3) is 0 Å². The summed E-state index contributed by atoms with van der Waals surface area (Å²) in [6, 6.07) is 2.21. The number of hydrogen-bond donors (Lipinski definition) is 0. The second-order valence-corrected chi connectivity index (χ2v) is 3.58. The average Bonchev–Trinajstić information content (AvgIpc) is 2.86. The first kappa shape index (κ1) is 10.5. The second kappa shape index (κ2) is 5.21. The molecule has 0 aliphatic heterocycles. The predicted molar refractivity (Wildman–Crippen MR) is 49.2 cm³/mol. The van der Waals surface area contributed by atoms with Crippen molar-refractivity contribution in [2.75, 3.05) is 26.4 Å². The number of ether oxygens (including phenoxy) is 2. The third-order valence-electron chi connectivity index (χ3n) is 2.40. The van der Waals surface area contributed by atoms with Crippen LogP contribution in [0.5, 0.6) is 0 Å². The summed E-state index contributed by atoms with van der Waals surface area (Å²) >= 11 is 0. The van der Waals surface area contributed by atoms with Crippen LogP contribution in [0, 0.1) is 16.7 Å². The van der Waals surface area contributed by atoms with Crippen LogP contribution in [-0.4, -0.2) is 26.4 Å². The number of nitriles is 1. The molecule has 0 radical (unpaired) electrons. The molecule has 74 valence electrons. The van der Waals surface area contributed by atoms with Crippen LogP contribution in [0.1, 0.15) is 26.2 Å². The van der Waals surface area contributed by atoms with Gasteiger partial charge in [0.1, 0.15) is 0 Å². The highest BCUT2D eigenvalue weighted by Gasteiger charge is 2.42. The lowest BCUT2D eigenvalue weighted by Crippen LogP contribution is -2.13. The Morgan fingerprint density at radius 2 is 2.00 bits per heavy atom. The van der Waals surface area contributed by atoms with Crippen molar-refractivity contribution in [3.63, 3.8) is 0 Å². The summed E-state index contributed by atoms with van der Waals surface area (Å²) < 4.78 is 10.6. The van der Waals surface area contributed by atoms with Crippen LogP contribution in [0.4, 0.5) is 0 Å². The van der Waals surface area contributed by atoms with Crippen LogP contribution >= 0.6 is 0 Å². The van der Waals surface area contributed by atoms with Gasteiger partial charge >= 0.3 is 0 Å².